The molecule has 2 rings (SSSR count). The minimum Gasteiger partial charge on any atom is -0.378 e. The first kappa shape index (κ1) is 12.0. The number of piperidine rings is 2. The van der Waals surface area contributed by atoms with Crippen LogP contribution >= 0.6 is 12.9 Å². The summed E-state index contributed by atoms with van der Waals surface area (Å²) in [7, 11) is 0. The SMILES string of the molecule is O=C(OS)N1CCC(N2CCCCC2)CC1. The van der Waals surface area contributed by atoms with E-state index in [4.69, 9.17) is 0 Å². The Hall–Kier alpha value is -0.420. The summed E-state index contributed by atoms with van der Waals surface area (Å²) in [6, 6.07) is 0.671. The molecule has 1 amide bonds. The van der Waals surface area contributed by atoms with Crippen LogP contribution in [0.5, 0.6) is 0 Å². The Labute approximate surface area is 103 Å². The van der Waals surface area contributed by atoms with E-state index >= 15 is 0 Å². The van der Waals surface area contributed by atoms with Crippen molar-refractivity contribution in [2.24, 2.45) is 0 Å². The van der Waals surface area contributed by atoms with Gasteiger partial charge < -0.3 is 14.0 Å². The van der Waals surface area contributed by atoms with Crippen molar-refractivity contribution in [3.63, 3.8) is 0 Å². The molecule has 0 saturated carbocycles. The Morgan fingerprint density at radius 2 is 1.69 bits per heavy atom. The molecule has 0 unspecified atom stereocenters. The summed E-state index contributed by atoms with van der Waals surface area (Å²) in [6.07, 6.45) is 5.88. The maximum atomic E-state index is 11.3. The summed E-state index contributed by atoms with van der Waals surface area (Å²) in [4.78, 5) is 15.6. The molecule has 4 nitrogen and oxygen atoms in total. The van der Waals surface area contributed by atoms with Gasteiger partial charge in [0.1, 0.15) is 0 Å². The summed E-state index contributed by atoms with van der Waals surface area (Å²) in [6.45, 7) is 4.09. The normalized spacial score (nSPS) is 24.4. The molecule has 0 aromatic carbocycles. The molecule has 2 saturated heterocycles. The van der Waals surface area contributed by atoms with Gasteiger partial charge in [-0.15, -0.1) is 0 Å². The standard InChI is InChI=1S/C11H20N2O2S/c14-11(15-16)13-8-4-10(5-9-13)12-6-2-1-3-7-12/h10,16H,1-9H2. The van der Waals surface area contributed by atoms with E-state index in [2.05, 4.69) is 22.0 Å². The van der Waals surface area contributed by atoms with E-state index in [-0.39, 0.29) is 6.09 Å². The Morgan fingerprint density at radius 3 is 2.25 bits per heavy atom. The third-order valence-electron chi connectivity index (χ3n) is 3.71. The lowest BCUT2D eigenvalue weighted by molar-refractivity contribution is 0.0906. The summed E-state index contributed by atoms with van der Waals surface area (Å²) in [5, 5.41) is 0. The summed E-state index contributed by atoms with van der Waals surface area (Å²) >= 11 is 3.55. The zero-order valence-corrected chi connectivity index (χ0v) is 10.5. The average molecular weight is 244 g/mol. The van der Waals surface area contributed by atoms with Gasteiger partial charge in [-0.25, -0.2) is 4.79 Å². The van der Waals surface area contributed by atoms with Crippen molar-refractivity contribution in [1.29, 1.82) is 0 Å². The van der Waals surface area contributed by atoms with Gasteiger partial charge in [-0.05, 0) is 38.8 Å². The zero-order valence-electron chi connectivity index (χ0n) is 9.60. The molecule has 2 aliphatic rings. The van der Waals surface area contributed by atoms with E-state index in [0.29, 0.717) is 6.04 Å². The number of hydrogen-bond acceptors (Lipinski definition) is 4. The summed E-state index contributed by atoms with van der Waals surface area (Å²) in [5.41, 5.74) is 0. The minimum atomic E-state index is -0.305. The second kappa shape index (κ2) is 5.77. The third-order valence-corrected chi connectivity index (χ3v) is 3.86. The predicted octanol–water partition coefficient (Wildman–Crippen LogP) is 1.92. The first-order valence-electron chi connectivity index (χ1n) is 6.15. The number of rotatable bonds is 1. The molecule has 5 heteroatoms. The highest BCUT2D eigenvalue weighted by Crippen LogP contribution is 2.21. The van der Waals surface area contributed by atoms with Gasteiger partial charge in [0.05, 0.1) is 0 Å². The van der Waals surface area contributed by atoms with Gasteiger partial charge in [-0.1, -0.05) is 6.42 Å². The van der Waals surface area contributed by atoms with Gasteiger partial charge in [0.2, 0.25) is 0 Å². The fourth-order valence-electron chi connectivity index (χ4n) is 2.75. The van der Waals surface area contributed by atoms with Crippen LogP contribution < -0.4 is 0 Å². The monoisotopic (exact) mass is 244 g/mol. The van der Waals surface area contributed by atoms with Crippen LogP contribution in [0, 0.1) is 0 Å². The number of carbonyl (C=O) groups excluding carboxylic acids is 1. The van der Waals surface area contributed by atoms with E-state index in [0.717, 1.165) is 25.9 Å². The molecular weight excluding hydrogens is 224 g/mol. The largest absolute Gasteiger partial charge is 0.421 e. The first-order valence-corrected chi connectivity index (χ1v) is 6.52. The van der Waals surface area contributed by atoms with E-state index in [9.17, 15) is 4.79 Å². The highest BCUT2D eigenvalue weighted by Gasteiger charge is 2.27. The molecule has 0 aromatic heterocycles. The second-order valence-electron chi connectivity index (χ2n) is 4.67. The minimum absolute atomic E-state index is 0.305. The molecule has 16 heavy (non-hydrogen) atoms. The van der Waals surface area contributed by atoms with E-state index in [1.807, 2.05) is 0 Å². The molecule has 0 aromatic rings. The van der Waals surface area contributed by atoms with Crippen LogP contribution in [0.25, 0.3) is 0 Å². The topological polar surface area (TPSA) is 32.8 Å². The molecule has 0 radical (unpaired) electrons. The van der Waals surface area contributed by atoms with Crippen molar-refractivity contribution in [3.05, 3.63) is 0 Å². The van der Waals surface area contributed by atoms with Crippen molar-refractivity contribution >= 4 is 19.0 Å². The van der Waals surface area contributed by atoms with Crippen LogP contribution in [0.2, 0.25) is 0 Å². The van der Waals surface area contributed by atoms with Gasteiger partial charge in [0.25, 0.3) is 0 Å². The lowest BCUT2D eigenvalue weighted by Crippen LogP contribution is -2.47. The van der Waals surface area contributed by atoms with E-state index in [1.165, 1.54) is 32.4 Å². The van der Waals surface area contributed by atoms with E-state index in [1.54, 1.807) is 4.90 Å². The predicted molar refractivity (Wildman–Crippen MR) is 65.5 cm³/mol. The maximum Gasteiger partial charge on any atom is 0.421 e. The first-order chi connectivity index (χ1) is 7.81. The number of likely N-dealkylation sites (tertiary alicyclic amines) is 2. The quantitative estimate of drug-likeness (QED) is 0.565. The van der Waals surface area contributed by atoms with Crippen molar-refractivity contribution in [2.75, 3.05) is 26.2 Å². The molecule has 0 atom stereocenters. The molecule has 2 heterocycles. The van der Waals surface area contributed by atoms with Crippen LogP contribution in [0.3, 0.4) is 0 Å². The second-order valence-corrected chi connectivity index (χ2v) is 4.85. The highest BCUT2D eigenvalue weighted by atomic mass is 32.1. The smallest absolute Gasteiger partial charge is 0.378 e. The van der Waals surface area contributed by atoms with Gasteiger partial charge in [0, 0.05) is 32.0 Å². The highest BCUT2D eigenvalue weighted by molar-refractivity contribution is 7.75. The van der Waals surface area contributed by atoms with Gasteiger partial charge >= 0.3 is 6.09 Å². The Morgan fingerprint density at radius 1 is 1.06 bits per heavy atom. The van der Waals surface area contributed by atoms with Crippen LogP contribution in [0.4, 0.5) is 4.79 Å². The van der Waals surface area contributed by atoms with Gasteiger partial charge in [0.15, 0.2) is 0 Å². The molecule has 0 aliphatic carbocycles. The third kappa shape index (κ3) is 2.83. The summed E-state index contributed by atoms with van der Waals surface area (Å²) in [5.74, 6) is 0. The van der Waals surface area contributed by atoms with Crippen LogP contribution in [-0.2, 0) is 4.18 Å². The molecule has 0 spiro atoms. The lowest BCUT2D eigenvalue weighted by atomic mass is 10.0. The molecule has 92 valence electrons. The fourth-order valence-corrected chi connectivity index (χ4v) is 2.87. The molecule has 2 aliphatic heterocycles. The zero-order chi connectivity index (χ0) is 11.4. The molecule has 2 fully saturated rings. The molecular formula is C11H20N2O2S. The van der Waals surface area contributed by atoms with Crippen LogP contribution in [0.1, 0.15) is 32.1 Å². The Kier molecular flexibility index (Phi) is 4.35. The number of hydrogen-bond donors (Lipinski definition) is 1. The van der Waals surface area contributed by atoms with Crippen molar-refractivity contribution in [2.45, 2.75) is 38.1 Å². The van der Waals surface area contributed by atoms with E-state index < -0.39 is 0 Å². The molecule has 0 bridgehead atoms. The number of amides is 1. The van der Waals surface area contributed by atoms with Crippen molar-refractivity contribution < 1.29 is 8.98 Å². The fraction of sp³-hybridized carbons (Fsp3) is 0.909. The molecule has 0 N–H and O–H groups in total. The lowest BCUT2D eigenvalue weighted by Gasteiger charge is -2.39. The van der Waals surface area contributed by atoms with Crippen LogP contribution in [-0.4, -0.2) is 48.1 Å². The average Bonchev–Trinajstić information content (AvgIpc) is 2.39. The van der Waals surface area contributed by atoms with Crippen LogP contribution in [0.15, 0.2) is 0 Å². The maximum absolute atomic E-state index is 11.3. The van der Waals surface area contributed by atoms with Gasteiger partial charge in [-0.2, -0.15) is 0 Å². The number of carbonyl (C=O) groups is 1. The van der Waals surface area contributed by atoms with Crippen molar-refractivity contribution in [3.8, 4) is 0 Å². The Bertz CT molecular complexity index is 236. The van der Waals surface area contributed by atoms with Gasteiger partial charge in [-0.3, -0.25) is 0 Å². The Balaban J connectivity index is 1.78. The summed E-state index contributed by atoms with van der Waals surface area (Å²) < 4.78 is 4.44. The van der Waals surface area contributed by atoms with Crippen molar-refractivity contribution in [1.82, 2.24) is 9.80 Å². The number of nitrogens with zero attached hydrogens (tertiary/aromatic N) is 2. The number of thiol groups is 1.